The highest BCUT2D eigenvalue weighted by Gasteiger charge is 2.46. The van der Waals surface area contributed by atoms with Crippen LogP contribution in [-0.4, -0.2) is 27.5 Å². The fraction of sp³-hybridized carbons (Fsp3) is 0.538. The zero-order valence-electron chi connectivity index (χ0n) is 10.4. The van der Waals surface area contributed by atoms with Crippen LogP contribution in [0.3, 0.4) is 0 Å². The smallest absolute Gasteiger partial charge is 0.329 e. The molecule has 5 nitrogen and oxygen atoms in total. The van der Waals surface area contributed by atoms with Crippen molar-refractivity contribution in [1.29, 1.82) is 0 Å². The van der Waals surface area contributed by atoms with Crippen molar-refractivity contribution in [2.75, 3.05) is 0 Å². The average molecular weight is 250 g/mol. The summed E-state index contributed by atoms with van der Waals surface area (Å²) in [4.78, 5) is 26.4. The highest BCUT2D eigenvalue weighted by Crippen LogP contribution is 2.34. The van der Waals surface area contributed by atoms with Crippen LogP contribution in [0.1, 0.15) is 43.1 Å². The van der Waals surface area contributed by atoms with Gasteiger partial charge in [-0.2, -0.15) is 0 Å². The summed E-state index contributed by atoms with van der Waals surface area (Å²) < 4.78 is 0. The maximum absolute atomic E-state index is 12.0. The molecule has 0 spiro atoms. The summed E-state index contributed by atoms with van der Waals surface area (Å²) in [6, 6.07) is 3.35. The summed E-state index contributed by atoms with van der Waals surface area (Å²) in [7, 11) is 0. The van der Waals surface area contributed by atoms with E-state index in [-0.39, 0.29) is 11.8 Å². The lowest BCUT2D eigenvalue weighted by Crippen LogP contribution is -2.60. The summed E-state index contributed by atoms with van der Waals surface area (Å²) >= 11 is 0. The maximum Gasteiger partial charge on any atom is 0.329 e. The summed E-state index contributed by atoms with van der Waals surface area (Å²) in [5.74, 6) is -1.34. The van der Waals surface area contributed by atoms with Crippen molar-refractivity contribution < 1.29 is 14.7 Å². The van der Waals surface area contributed by atoms with Crippen LogP contribution in [0.5, 0.6) is 0 Å². The number of aromatic amines is 1. The molecule has 5 heteroatoms. The Balaban J connectivity index is 2.21. The van der Waals surface area contributed by atoms with Gasteiger partial charge >= 0.3 is 5.97 Å². The zero-order chi connectivity index (χ0) is 13.2. The molecule has 1 fully saturated rings. The Morgan fingerprint density at radius 3 is 2.83 bits per heavy atom. The molecular formula is C13H18N2O3. The van der Waals surface area contributed by atoms with Gasteiger partial charge in [0.1, 0.15) is 11.2 Å². The topological polar surface area (TPSA) is 82.2 Å². The third kappa shape index (κ3) is 2.12. The van der Waals surface area contributed by atoms with Crippen molar-refractivity contribution in [1.82, 2.24) is 10.3 Å². The number of aromatic nitrogens is 1. The number of H-pyrrole nitrogens is 1. The van der Waals surface area contributed by atoms with Crippen LogP contribution in [0.15, 0.2) is 18.3 Å². The molecule has 0 aliphatic heterocycles. The minimum Gasteiger partial charge on any atom is -0.479 e. The predicted molar refractivity (Wildman–Crippen MR) is 66.3 cm³/mol. The average Bonchev–Trinajstić information content (AvgIpc) is 2.85. The van der Waals surface area contributed by atoms with E-state index in [2.05, 4.69) is 10.3 Å². The number of aliphatic carboxylic acids is 1. The molecule has 0 radical (unpaired) electrons. The molecule has 3 N–H and O–H groups in total. The van der Waals surface area contributed by atoms with Gasteiger partial charge in [-0.15, -0.1) is 0 Å². The van der Waals surface area contributed by atoms with E-state index in [0.717, 1.165) is 19.3 Å². The number of nitrogens with one attached hydrogen (secondary N) is 2. The standard InChI is InChI=1S/C13H18N2O3/c1-9-5-2-3-7-13(9,12(17)18)15-11(16)10-6-4-8-14-10/h4,6,8-9,14H,2-3,5,7H2,1H3,(H,15,16)(H,17,18). The Morgan fingerprint density at radius 2 is 2.28 bits per heavy atom. The largest absolute Gasteiger partial charge is 0.479 e. The van der Waals surface area contributed by atoms with Gasteiger partial charge in [-0.1, -0.05) is 19.8 Å². The molecule has 1 aromatic heterocycles. The Kier molecular flexibility index (Phi) is 3.41. The first-order valence-corrected chi connectivity index (χ1v) is 6.25. The number of carboxylic acids is 1. The van der Waals surface area contributed by atoms with Crippen molar-refractivity contribution in [2.24, 2.45) is 5.92 Å². The fourth-order valence-corrected chi connectivity index (χ4v) is 2.65. The summed E-state index contributed by atoms with van der Waals surface area (Å²) in [6.07, 6.45) is 4.83. The molecule has 0 saturated heterocycles. The van der Waals surface area contributed by atoms with Crippen molar-refractivity contribution >= 4 is 11.9 Å². The number of rotatable bonds is 3. The Morgan fingerprint density at radius 1 is 1.50 bits per heavy atom. The van der Waals surface area contributed by atoms with Crippen molar-refractivity contribution in [3.63, 3.8) is 0 Å². The van der Waals surface area contributed by atoms with Crippen molar-refractivity contribution in [3.05, 3.63) is 24.0 Å². The number of carboxylic acid groups (broad SMARTS) is 1. The third-order valence-electron chi connectivity index (χ3n) is 3.86. The van der Waals surface area contributed by atoms with E-state index in [9.17, 15) is 14.7 Å². The molecule has 1 aliphatic rings. The quantitative estimate of drug-likeness (QED) is 0.764. The van der Waals surface area contributed by atoms with Crippen molar-refractivity contribution in [3.8, 4) is 0 Å². The van der Waals surface area contributed by atoms with Gasteiger partial charge in [0.2, 0.25) is 0 Å². The molecule has 1 saturated carbocycles. The highest BCUT2D eigenvalue weighted by atomic mass is 16.4. The molecule has 98 valence electrons. The molecule has 1 amide bonds. The van der Waals surface area contributed by atoms with E-state index >= 15 is 0 Å². The van der Waals surface area contributed by atoms with Crippen LogP contribution in [0.25, 0.3) is 0 Å². The molecule has 2 atom stereocenters. The van der Waals surface area contributed by atoms with Crippen LogP contribution >= 0.6 is 0 Å². The summed E-state index contributed by atoms with van der Waals surface area (Å²) in [5, 5.41) is 12.2. The van der Waals surface area contributed by atoms with Crippen LogP contribution in [0, 0.1) is 5.92 Å². The summed E-state index contributed by atoms with van der Waals surface area (Å²) in [5.41, 5.74) is -0.728. The number of amides is 1. The molecule has 2 unspecified atom stereocenters. The number of hydrogen-bond donors (Lipinski definition) is 3. The fourth-order valence-electron chi connectivity index (χ4n) is 2.65. The van der Waals surface area contributed by atoms with E-state index in [1.165, 1.54) is 0 Å². The van der Waals surface area contributed by atoms with Gasteiger partial charge in [-0.25, -0.2) is 4.79 Å². The van der Waals surface area contributed by atoms with E-state index in [1.54, 1.807) is 18.3 Å². The van der Waals surface area contributed by atoms with Gasteiger partial charge < -0.3 is 15.4 Å². The lowest BCUT2D eigenvalue weighted by Gasteiger charge is -2.39. The first-order valence-electron chi connectivity index (χ1n) is 6.25. The molecule has 2 rings (SSSR count). The zero-order valence-corrected chi connectivity index (χ0v) is 10.4. The minimum absolute atomic E-state index is 0.0531. The molecular weight excluding hydrogens is 232 g/mol. The van der Waals surface area contributed by atoms with E-state index in [4.69, 9.17) is 0 Å². The van der Waals surface area contributed by atoms with Gasteiger partial charge in [-0.05, 0) is 30.9 Å². The number of carbonyl (C=O) groups is 2. The normalized spacial score (nSPS) is 27.7. The van der Waals surface area contributed by atoms with Gasteiger partial charge in [0.15, 0.2) is 0 Å². The predicted octanol–water partition coefficient (Wildman–Crippen LogP) is 1.78. The van der Waals surface area contributed by atoms with Crippen LogP contribution in [0.2, 0.25) is 0 Å². The first-order chi connectivity index (χ1) is 8.56. The lowest BCUT2D eigenvalue weighted by molar-refractivity contribution is -0.148. The molecule has 1 aromatic rings. The molecule has 1 heterocycles. The Hall–Kier alpha value is -1.78. The van der Waals surface area contributed by atoms with Gasteiger partial charge in [0, 0.05) is 6.20 Å². The van der Waals surface area contributed by atoms with E-state index in [1.807, 2.05) is 6.92 Å². The van der Waals surface area contributed by atoms with Crippen LogP contribution in [-0.2, 0) is 4.79 Å². The SMILES string of the molecule is CC1CCCCC1(NC(=O)c1ccc[nH]1)C(=O)O. The Labute approximate surface area is 106 Å². The third-order valence-corrected chi connectivity index (χ3v) is 3.86. The minimum atomic E-state index is -1.12. The number of hydrogen-bond acceptors (Lipinski definition) is 2. The Bertz CT molecular complexity index is 441. The van der Waals surface area contributed by atoms with Crippen LogP contribution in [0.4, 0.5) is 0 Å². The number of carbonyl (C=O) groups excluding carboxylic acids is 1. The van der Waals surface area contributed by atoms with E-state index < -0.39 is 11.5 Å². The monoisotopic (exact) mass is 250 g/mol. The van der Waals surface area contributed by atoms with Gasteiger partial charge in [-0.3, -0.25) is 4.79 Å². The first kappa shape index (κ1) is 12.7. The summed E-state index contributed by atoms with van der Waals surface area (Å²) in [6.45, 7) is 1.89. The van der Waals surface area contributed by atoms with Crippen LogP contribution < -0.4 is 5.32 Å². The molecule has 0 aromatic carbocycles. The lowest BCUT2D eigenvalue weighted by atomic mass is 9.73. The molecule has 18 heavy (non-hydrogen) atoms. The second-order valence-corrected chi connectivity index (χ2v) is 4.96. The van der Waals surface area contributed by atoms with E-state index in [0.29, 0.717) is 12.1 Å². The van der Waals surface area contributed by atoms with Crippen molar-refractivity contribution in [2.45, 2.75) is 38.1 Å². The molecule has 1 aliphatic carbocycles. The molecule has 0 bridgehead atoms. The maximum atomic E-state index is 12.0. The van der Waals surface area contributed by atoms with Gasteiger partial charge in [0.25, 0.3) is 5.91 Å². The second-order valence-electron chi connectivity index (χ2n) is 4.96. The highest BCUT2D eigenvalue weighted by molar-refractivity contribution is 5.96. The van der Waals surface area contributed by atoms with Gasteiger partial charge in [0.05, 0.1) is 0 Å². The second kappa shape index (κ2) is 4.84.